The first kappa shape index (κ1) is 19.8. The van der Waals surface area contributed by atoms with Crippen LogP contribution in [0, 0.1) is 0 Å². The Kier molecular flexibility index (Phi) is 9.41. The Labute approximate surface area is 154 Å². The summed E-state index contributed by atoms with van der Waals surface area (Å²) in [5, 5.41) is 27.8. The first-order valence-electron chi connectivity index (χ1n) is 9.20. The van der Waals surface area contributed by atoms with E-state index in [4.69, 9.17) is 0 Å². The van der Waals surface area contributed by atoms with Crippen LogP contribution in [0.1, 0.15) is 36.1 Å². The van der Waals surface area contributed by atoms with Gasteiger partial charge in [0.25, 0.3) is 0 Å². The van der Waals surface area contributed by atoms with Gasteiger partial charge < -0.3 is 20.8 Å². The molecule has 0 amide bonds. The van der Waals surface area contributed by atoms with Gasteiger partial charge in [-0.25, -0.2) is 0 Å². The third-order valence-corrected chi connectivity index (χ3v) is 5.15. The maximum Gasteiger partial charge on any atom is 0.157 e. The molecule has 0 saturated heterocycles. The van der Waals surface area contributed by atoms with Crippen molar-refractivity contribution in [2.45, 2.75) is 38.5 Å². The molecule has 2 rings (SSSR count). The highest BCUT2D eigenvalue weighted by Crippen LogP contribution is 2.24. The number of benzene rings is 1. The highest BCUT2D eigenvalue weighted by atomic mass is 32.1. The van der Waals surface area contributed by atoms with E-state index in [1.807, 2.05) is 17.4 Å². The van der Waals surface area contributed by atoms with Gasteiger partial charge in [-0.05, 0) is 81.0 Å². The lowest BCUT2D eigenvalue weighted by molar-refractivity contribution is 0.403. The molecule has 1 aromatic heterocycles. The fourth-order valence-electron chi connectivity index (χ4n) is 2.73. The van der Waals surface area contributed by atoms with E-state index in [1.165, 1.54) is 30.6 Å². The fourth-order valence-corrected chi connectivity index (χ4v) is 3.44. The monoisotopic (exact) mass is 362 g/mol. The molecular weight excluding hydrogens is 332 g/mol. The average molecular weight is 363 g/mol. The zero-order chi connectivity index (χ0) is 17.7. The summed E-state index contributed by atoms with van der Waals surface area (Å²) in [5.41, 5.74) is 1.04. The van der Waals surface area contributed by atoms with Gasteiger partial charge >= 0.3 is 0 Å². The second-order valence-electron chi connectivity index (χ2n) is 6.32. The minimum absolute atomic E-state index is 0.0403. The smallest absolute Gasteiger partial charge is 0.157 e. The van der Waals surface area contributed by atoms with Gasteiger partial charge in [0, 0.05) is 4.88 Å². The molecule has 0 radical (unpaired) electrons. The third kappa shape index (κ3) is 8.38. The molecule has 0 unspecified atom stereocenters. The van der Waals surface area contributed by atoms with E-state index >= 15 is 0 Å². The number of unbranched alkanes of at least 4 members (excludes halogenated alkanes) is 3. The van der Waals surface area contributed by atoms with Crippen LogP contribution >= 0.6 is 11.3 Å². The molecule has 0 aliphatic carbocycles. The number of thiophene rings is 1. The van der Waals surface area contributed by atoms with Crippen molar-refractivity contribution in [3.8, 4) is 11.5 Å². The minimum Gasteiger partial charge on any atom is -0.504 e. The topological polar surface area (TPSA) is 64.5 Å². The van der Waals surface area contributed by atoms with Crippen molar-refractivity contribution in [3.63, 3.8) is 0 Å². The quantitative estimate of drug-likeness (QED) is 0.324. The van der Waals surface area contributed by atoms with Crippen molar-refractivity contribution in [2.75, 3.05) is 26.2 Å². The minimum atomic E-state index is -0.0577. The summed E-state index contributed by atoms with van der Waals surface area (Å²) in [4.78, 5) is 1.46. The molecule has 0 atom stereocenters. The van der Waals surface area contributed by atoms with Crippen LogP contribution in [0.25, 0.3) is 0 Å². The highest BCUT2D eigenvalue weighted by molar-refractivity contribution is 7.09. The Bertz CT molecular complexity index is 587. The van der Waals surface area contributed by atoms with E-state index < -0.39 is 0 Å². The molecule has 0 aliphatic rings. The molecule has 25 heavy (non-hydrogen) atoms. The Morgan fingerprint density at radius 2 is 1.48 bits per heavy atom. The van der Waals surface area contributed by atoms with Gasteiger partial charge in [0.2, 0.25) is 0 Å². The van der Waals surface area contributed by atoms with Gasteiger partial charge in [-0.15, -0.1) is 11.3 Å². The molecule has 0 spiro atoms. The summed E-state index contributed by atoms with van der Waals surface area (Å²) in [7, 11) is 0. The molecule has 0 saturated carbocycles. The molecule has 138 valence electrons. The zero-order valence-electron chi connectivity index (χ0n) is 14.8. The van der Waals surface area contributed by atoms with Crippen LogP contribution in [0.3, 0.4) is 0 Å². The van der Waals surface area contributed by atoms with Crippen molar-refractivity contribution < 1.29 is 10.2 Å². The second kappa shape index (κ2) is 11.9. The predicted octanol–water partition coefficient (Wildman–Crippen LogP) is 3.68. The molecule has 0 fully saturated rings. The number of hydrogen-bond donors (Lipinski definition) is 4. The Morgan fingerprint density at radius 1 is 0.760 bits per heavy atom. The summed E-state index contributed by atoms with van der Waals surface area (Å²) >= 11 is 1.83. The van der Waals surface area contributed by atoms with Gasteiger partial charge in [-0.2, -0.15) is 0 Å². The number of phenolic OH excluding ortho intramolecular Hbond substituents is 2. The maximum atomic E-state index is 9.45. The largest absolute Gasteiger partial charge is 0.504 e. The second-order valence-corrected chi connectivity index (χ2v) is 7.35. The normalized spacial score (nSPS) is 11.0. The number of hydrogen-bond acceptors (Lipinski definition) is 5. The lowest BCUT2D eigenvalue weighted by Gasteiger charge is -2.07. The van der Waals surface area contributed by atoms with Crippen molar-refractivity contribution in [1.29, 1.82) is 0 Å². The number of phenols is 2. The molecule has 0 bridgehead atoms. The molecule has 1 heterocycles. The number of aromatic hydroxyl groups is 2. The van der Waals surface area contributed by atoms with Crippen LogP contribution in [0.4, 0.5) is 0 Å². The van der Waals surface area contributed by atoms with Crippen LogP contribution in [0.5, 0.6) is 11.5 Å². The average Bonchev–Trinajstić information content (AvgIpc) is 3.12. The van der Waals surface area contributed by atoms with E-state index in [9.17, 15) is 10.2 Å². The summed E-state index contributed by atoms with van der Waals surface area (Å²) in [6.07, 6.45) is 6.99. The molecule has 4 nitrogen and oxygen atoms in total. The fraction of sp³-hybridized carbons (Fsp3) is 0.500. The maximum absolute atomic E-state index is 9.45. The summed E-state index contributed by atoms with van der Waals surface area (Å²) < 4.78 is 0. The van der Waals surface area contributed by atoms with Gasteiger partial charge in [0.05, 0.1) is 0 Å². The van der Waals surface area contributed by atoms with Gasteiger partial charge in [-0.1, -0.05) is 25.0 Å². The van der Waals surface area contributed by atoms with E-state index in [-0.39, 0.29) is 11.5 Å². The van der Waals surface area contributed by atoms with Gasteiger partial charge in [0.15, 0.2) is 11.5 Å². The van der Waals surface area contributed by atoms with Crippen LogP contribution in [-0.2, 0) is 12.8 Å². The molecule has 5 heteroatoms. The SMILES string of the molecule is Oc1ccc(CCNCCCCCCNCCc2cccs2)cc1O. The zero-order valence-corrected chi connectivity index (χ0v) is 15.7. The Hall–Kier alpha value is -1.56. The molecule has 1 aromatic carbocycles. The van der Waals surface area contributed by atoms with E-state index in [2.05, 4.69) is 28.1 Å². The standard InChI is InChI=1S/C20H30N2O2S/c23-19-8-7-17(16-20(19)24)9-13-21-11-3-1-2-4-12-22-14-10-18-6-5-15-25-18/h5-8,15-16,21-24H,1-4,9-14H2. The van der Waals surface area contributed by atoms with Crippen LogP contribution in [-0.4, -0.2) is 36.4 Å². The summed E-state index contributed by atoms with van der Waals surface area (Å²) in [6.45, 7) is 4.13. The molecular formula is C20H30N2O2S. The van der Waals surface area contributed by atoms with E-state index in [0.717, 1.165) is 44.6 Å². The third-order valence-electron chi connectivity index (χ3n) is 4.22. The van der Waals surface area contributed by atoms with E-state index in [1.54, 1.807) is 12.1 Å². The molecule has 0 aliphatic heterocycles. The first-order chi connectivity index (χ1) is 12.3. The van der Waals surface area contributed by atoms with Crippen LogP contribution < -0.4 is 10.6 Å². The van der Waals surface area contributed by atoms with Crippen molar-refractivity contribution in [2.24, 2.45) is 0 Å². The molecule has 4 N–H and O–H groups in total. The Balaban J connectivity index is 1.35. The number of nitrogens with one attached hydrogen (secondary N) is 2. The molecule has 2 aromatic rings. The van der Waals surface area contributed by atoms with Gasteiger partial charge in [-0.3, -0.25) is 0 Å². The lowest BCUT2D eigenvalue weighted by Crippen LogP contribution is -2.19. The number of rotatable bonds is 13. The first-order valence-corrected chi connectivity index (χ1v) is 10.1. The van der Waals surface area contributed by atoms with Crippen molar-refractivity contribution in [3.05, 3.63) is 46.2 Å². The van der Waals surface area contributed by atoms with Crippen molar-refractivity contribution >= 4 is 11.3 Å². The van der Waals surface area contributed by atoms with Crippen LogP contribution in [0.15, 0.2) is 35.7 Å². The Morgan fingerprint density at radius 3 is 2.12 bits per heavy atom. The van der Waals surface area contributed by atoms with Gasteiger partial charge in [0.1, 0.15) is 0 Å². The lowest BCUT2D eigenvalue weighted by atomic mass is 10.1. The summed E-state index contributed by atoms with van der Waals surface area (Å²) in [5.74, 6) is -0.0979. The van der Waals surface area contributed by atoms with Crippen LogP contribution in [0.2, 0.25) is 0 Å². The highest BCUT2D eigenvalue weighted by Gasteiger charge is 2.00. The van der Waals surface area contributed by atoms with E-state index in [0.29, 0.717) is 0 Å². The predicted molar refractivity (Wildman–Crippen MR) is 106 cm³/mol. The summed E-state index contributed by atoms with van der Waals surface area (Å²) in [6, 6.07) is 9.33. The van der Waals surface area contributed by atoms with Crippen molar-refractivity contribution in [1.82, 2.24) is 10.6 Å².